The predicted octanol–water partition coefficient (Wildman–Crippen LogP) is 1.73. The van der Waals surface area contributed by atoms with Crippen molar-refractivity contribution in [1.82, 2.24) is 0 Å². The highest BCUT2D eigenvalue weighted by Gasteiger charge is 2.48. The number of carbonyl (C=O) groups is 1. The van der Waals surface area contributed by atoms with E-state index < -0.39 is 0 Å². The Kier molecular flexibility index (Phi) is 2.33. The first kappa shape index (κ1) is 9.68. The van der Waals surface area contributed by atoms with Gasteiger partial charge in [-0.3, -0.25) is 4.79 Å². The molecular weight excluding hydrogens is 196 g/mol. The van der Waals surface area contributed by atoms with Crippen molar-refractivity contribution in [3.63, 3.8) is 0 Å². The molecule has 2 rings (SSSR count). The van der Waals surface area contributed by atoms with E-state index in [1.54, 1.807) is 11.3 Å². The summed E-state index contributed by atoms with van der Waals surface area (Å²) in [5, 5.41) is 5.88. The van der Waals surface area contributed by atoms with Crippen molar-refractivity contribution in [1.29, 1.82) is 0 Å². The first-order valence-electron chi connectivity index (χ1n) is 4.73. The minimum absolute atomic E-state index is 0.0885. The Bertz CT molecular complexity index is 355. The van der Waals surface area contributed by atoms with Gasteiger partial charge in [-0.1, -0.05) is 0 Å². The number of thiophene rings is 1. The van der Waals surface area contributed by atoms with Crippen molar-refractivity contribution in [2.45, 2.75) is 19.8 Å². The molecule has 0 unspecified atom stereocenters. The van der Waals surface area contributed by atoms with Gasteiger partial charge >= 0.3 is 0 Å². The molecule has 1 aromatic rings. The van der Waals surface area contributed by atoms with Crippen molar-refractivity contribution in [2.24, 2.45) is 11.1 Å². The molecule has 1 amide bonds. The summed E-state index contributed by atoms with van der Waals surface area (Å²) in [6, 6.07) is 2.00. The number of amides is 1. The maximum absolute atomic E-state index is 11.8. The van der Waals surface area contributed by atoms with Gasteiger partial charge in [-0.2, -0.15) is 0 Å². The third-order valence-electron chi connectivity index (χ3n) is 2.82. The van der Waals surface area contributed by atoms with Crippen LogP contribution in [-0.4, -0.2) is 12.5 Å². The van der Waals surface area contributed by atoms with Gasteiger partial charge in [-0.25, -0.2) is 0 Å². The molecule has 0 aromatic carbocycles. The Hall–Kier alpha value is -0.870. The Morgan fingerprint density at radius 3 is 2.86 bits per heavy atom. The van der Waals surface area contributed by atoms with E-state index in [1.165, 1.54) is 0 Å². The van der Waals surface area contributed by atoms with E-state index in [9.17, 15) is 4.79 Å². The van der Waals surface area contributed by atoms with Gasteiger partial charge in [-0.15, -0.1) is 11.3 Å². The van der Waals surface area contributed by atoms with Gasteiger partial charge in [0.1, 0.15) is 0 Å². The molecule has 3 N–H and O–H groups in total. The zero-order valence-electron chi connectivity index (χ0n) is 8.17. The van der Waals surface area contributed by atoms with Gasteiger partial charge in [0, 0.05) is 6.54 Å². The fourth-order valence-electron chi connectivity index (χ4n) is 1.41. The van der Waals surface area contributed by atoms with Crippen LogP contribution in [0.5, 0.6) is 0 Å². The van der Waals surface area contributed by atoms with Crippen molar-refractivity contribution >= 4 is 22.2 Å². The number of nitrogens with one attached hydrogen (secondary N) is 1. The molecule has 0 spiro atoms. The number of carbonyl (C=O) groups excluding carboxylic acids is 1. The van der Waals surface area contributed by atoms with Crippen LogP contribution in [0.25, 0.3) is 0 Å². The monoisotopic (exact) mass is 210 g/mol. The zero-order chi connectivity index (χ0) is 10.2. The van der Waals surface area contributed by atoms with Gasteiger partial charge in [-0.05, 0) is 36.8 Å². The van der Waals surface area contributed by atoms with Gasteiger partial charge in [0.2, 0.25) is 5.91 Å². The lowest BCUT2D eigenvalue weighted by molar-refractivity contribution is -0.120. The van der Waals surface area contributed by atoms with Crippen molar-refractivity contribution in [2.75, 3.05) is 11.9 Å². The van der Waals surface area contributed by atoms with Crippen LogP contribution in [0.15, 0.2) is 11.4 Å². The van der Waals surface area contributed by atoms with Gasteiger partial charge in [0.25, 0.3) is 0 Å². The molecule has 4 heteroatoms. The highest BCUT2D eigenvalue weighted by Crippen LogP contribution is 2.45. The van der Waals surface area contributed by atoms with Crippen LogP contribution in [0.4, 0.5) is 5.00 Å². The molecule has 1 aliphatic rings. The van der Waals surface area contributed by atoms with E-state index in [0.717, 1.165) is 23.4 Å². The van der Waals surface area contributed by atoms with Gasteiger partial charge < -0.3 is 11.1 Å². The molecule has 1 heterocycles. The number of anilines is 1. The molecule has 1 aliphatic carbocycles. The summed E-state index contributed by atoms with van der Waals surface area (Å²) >= 11 is 1.56. The van der Waals surface area contributed by atoms with Crippen LogP contribution >= 0.6 is 11.3 Å². The van der Waals surface area contributed by atoms with E-state index in [1.807, 2.05) is 18.4 Å². The summed E-state index contributed by atoms with van der Waals surface area (Å²) in [6.07, 6.45) is 1.86. The minimum atomic E-state index is -0.254. The molecule has 0 radical (unpaired) electrons. The van der Waals surface area contributed by atoms with Crippen molar-refractivity contribution < 1.29 is 4.79 Å². The number of hydrogen-bond donors (Lipinski definition) is 2. The third kappa shape index (κ3) is 1.55. The van der Waals surface area contributed by atoms with Crippen LogP contribution in [0.1, 0.15) is 18.4 Å². The zero-order valence-corrected chi connectivity index (χ0v) is 8.99. The molecule has 1 saturated carbocycles. The average molecular weight is 210 g/mol. The topological polar surface area (TPSA) is 55.1 Å². The van der Waals surface area contributed by atoms with E-state index in [0.29, 0.717) is 6.54 Å². The molecule has 0 atom stereocenters. The summed E-state index contributed by atoms with van der Waals surface area (Å²) in [7, 11) is 0. The highest BCUT2D eigenvalue weighted by atomic mass is 32.1. The van der Waals surface area contributed by atoms with Crippen LogP contribution in [0.2, 0.25) is 0 Å². The van der Waals surface area contributed by atoms with Crippen molar-refractivity contribution in [3.8, 4) is 0 Å². The van der Waals surface area contributed by atoms with E-state index in [2.05, 4.69) is 5.32 Å². The van der Waals surface area contributed by atoms with Crippen LogP contribution in [-0.2, 0) is 4.79 Å². The lowest BCUT2D eigenvalue weighted by Gasteiger charge is -2.11. The third-order valence-corrected chi connectivity index (χ3v) is 3.75. The maximum Gasteiger partial charge on any atom is 0.232 e. The van der Waals surface area contributed by atoms with E-state index in [4.69, 9.17) is 5.73 Å². The van der Waals surface area contributed by atoms with E-state index in [-0.39, 0.29) is 11.3 Å². The molecular formula is C10H14N2OS. The molecule has 1 fully saturated rings. The second-order valence-electron chi connectivity index (χ2n) is 3.87. The summed E-state index contributed by atoms with van der Waals surface area (Å²) in [4.78, 5) is 11.8. The number of rotatable bonds is 3. The lowest BCUT2D eigenvalue weighted by atomic mass is 10.1. The Morgan fingerprint density at radius 1 is 1.71 bits per heavy atom. The smallest absolute Gasteiger partial charge is 0.232 e. The number of aryl methyl sites for hydroxylation is 1. The summed E-state index contributed by atoms with van der Waals surface area (Å²) in [5.41, 5.74) is 6.45. The summed E-state index contributed by atoms with van der Waals surface area (Å²) in [6.45, 7) is 2.46. The second-order valence-corrected chi connectivity index (χ2v) is 4.79. The fraction of sp³-hybridized carbons (Fsp3) is 0.500. The normalized spacial score (nSPS) is 17.9. The molecule has 14 heavy (non-hydrogen) atoms. The molecule has 0 saturated heterocycles. The summed E-state index contributed by atoms with van der Waals surface area (Å²) < 4.78 is 0. The summed E-state index contributed by atoms with van der Waals surface area (Å²) in [5.74, 6) is 0.0885. The SMILES string of the molecule is Cc1ccsc1NC(=O)C1(CN)CC1. The molecule has 0 bridgehead atoms. The Labute approximate surface area is 87.3 Å². The molecule has 76 valence electrons. The average Bonchev–Trinajstić information content (AvgIpc) is 2.89. The van der Waals surface area contributed by atoms with E-state index >= 15 is 0 Å². The molecule has 3 nitrogen and oxygen atoms in total. The second kappa shape index (κ2) is 3.37. The van der Waals surface area contributed by atoms with Crippen molar-refractivity contribution in [3.05, 3.63) is 17.0 Å². The first-order chi connectivity index (χ1) is 6.68. The largest absolute Gasteiger partial charge is 0.329 e. The van der Waals surface area contributed by atoms with Crippen LogP contribution < -0.4 is 11.1 Å². The maximum atomic E-state index is 11.8. The lowest BCUT2D eigenvalue weighted by Crippen LogP contribution is -2.30. The van der Waals surface area contributed by atoms with Crippen LogP contribution in [0.3, 0.4) is 0 Å². The molecule has 1 aromatic heterocycles. The quantitative estimate of drug-likeness (QED) is 0.798. The van der Waals surface area contributed by atoms with Gasteiger partial charge in [0.15, 0.2) is 0 Å². The van der Waals surface area contributed by atoms with Crippen LogP contribution in [0, 0.1) is 12.3 Å². The fourth-order valence-corrected chi connectivity index (χ4v) is 2.23. The Morgan fingerprint density at radius 2 is 2.43 bits per heavy atom. The predicted molar refractivity (Wildman–Crippen MR) is 58.4 cm³/mol. The Balaban J connectivity index is 2.05. The standard InChI is InChI=1S/C10H14N2OS/c1-7-2-5-14-8(7)12-9(13)10(6-11)3-4-10/h2,5H,3-4,6,11H2,1H3,(H,12,13). The first-order valence-corrected chi connectivity index (χ1v) is 5.61. The number of nitrogens with two attached hydrogens (primary N) is 1. The van der Waals surface area contributed by atoms with Gasteiger partial charge in [0.05, 0.1) is 10.4 Å². The molecule has 0 aliphatic heterocycles. The minimum Gasteiger partial charge on any atom is -0.329 e. The highest BCUT2D eigenvalue weighted by molar-refractivity contribution is 7.14. The number of hydrogen-bond acceptors (Lipinski definition) is 3.